The first-order valence-corrected chi connectivity index (χ1v) is 9.56. The van der Waals surface area contributed by atoms with E-state index in [0.717, 1.165) is 28.1 Å². The summed E-state index contributed by atoms with van der Waals surface area (Å²) in [5.41, 5.74) is 4.48. The number of aromatic nitrogens is 2. The minimum atomic E-state index is -0.0728. The monoisotopic (exact) mass is 382 g/mol. The van der Waals surface area contributed by atoms with Gasteiger partial charge in [-0.1, -0.05) is 72.8 Å². The highest BCUT2D eigenvalue weighted by molar-refractivity contribution is 5.59. The van der Waals surface area contributed by atoms with Gasteiger partial charge < -0.3 is 4.74 Å². The Kier molecular flexibility index (Phi) is 5.52. The van der Waals surface area contributed by atoms with Crippen molar-refractivity contribution < 1.29 is 4.74 Å². The Morgan fingerprint density at radius 2 is 1.52 bits per heavy atom. The minimum Gasteiger partial charge on any atom is -0.497 e. The predicted molar refractivity (Wildman–Crippen MR) is 115 cm³/mol. The first-order chi connectivity index (χ1) is 14.2. The van der Waals surface area contributed by atoms with Gasteiger partial charge in [0.1, 0.15) is 5.75 Å². The highest BCUT2D eigenvalue weighted by Crippen LogP contribution is 2.19. The summed E-state index contributed by atoms with van der Waals surface area (Å²) in [6.07, 6.45) is 0.521. The molecule has 0 spiro atoms. The molecule has 0 radical (unpaired) electrons. The fourth-order valence-corrected chi connectivity index (χ4v) is 3.34. The van der Waals surface area contributed by atoms with Crippen LogP contribution >= 0.6 is 0 Å². The first-order valence-electron chi connectivity index (χ1n) is 9.56. The molecule has 0 N–H and O–H groups in total. The first kappa shape index (κ1) is 18.7. The minimum absolute atomic E-state index is 0.0728. The van der Waals surface area contributed by atoms with Gasteiger partial charge in [0.25, 0.3) is 5.56 Å². The molecule has 0 unspecified atom stereocenters. The lowest BCUT2D eigenvalue weighted by molar-refractivity contribution is 0.414. The molecule has 1 heterocycles. The van der Waals surface area contributed by atoms with Crippen LogP contribution in [-0.2, 0) is 13.0 Å². The summed E-state index contributed by atoms with van der Waals surface area (Å²) in [6, 6.07) is 29.6. The van der Waals surface area contributed by atoms with Crippen molar-refractivity contribution in [2.24, 2.45) is 0 Å². The van der Waals surface area contributed by atoms with Crippen molar-refractivity contribution in [1.82, 2.24) is 9.78 Å². The van der Waals surface area contributed by atoms with E-state index in [9.17, 15) is 4.79 Å². The molecule has 4 heteroatoms. The summed E-state index contributed by atoms with van der Waals surface area (Å²) in [6.45, 7) is 0.436. The van der Waals surface area contributed by atoms with E-state index in [4.69, 9.17) is 4.74 Å². The maximum Gasteiger partial charge on any atom is 0.270 e. The average molecular weight is 382 g/mol. The standard InChI is InChI=1S/C25H22N2O2/c1-29-23-14-8-11-20(16-23)15-22-17-24(21-12-6-3-7-13-21)26-27(25(22)28)18-19-9-4-2-5-10-19/h2-14,16-17H,15,18H2,1H3. The van der Waals surface area contributed by atoms with Gasteiger partial charge in [-0.05, 0) is 29.3 Å². The van der Waals surface area contributed by atoms with Crippen LogP contribution in [0.25, 0.3) is 11.3 Å². The van der Waals surface area contributed by atoms with Crippen molar-refractivity contribution in [2.45, 2.75) is 13.0 Å². The maximum atomic E-state index is 13.2. The Morgan fingerprint density at radius 3 is 2.24 bits per heavy atom. The summed E-state index contributed by atoms with van der Waals surface area (Å²) in [5, 5.41) is 4.65. The lowest BCUT2D eigenvalue weighted by atomic mass is 10.0. The number of nitrogens with zero attached hydrogens (tertiary/aromatic N) is 2. The van der Waals surface area contributed by atoms with Gasteiger partial charge in [0.2, 0.25) is 0 Å². The number of benzene rings is 3. The van der Waals surface area contributed by atoms with Crippen LogP contribution in [0, 0.1) is 0 Å². The van der Waals surface area contributed by atoms with Crippen molar-refractivity contribution in [3.05, 3.63) is 118 Å². The number of hydrogen-bond donors (Lipinski definition) is 0. The predicted octanol–water partition coefficient (Wildman–Crippen LogP) is 4.56. The molecule has 4 rings (SSSR count). The summed E-state index contributed by atoms with van der Waals surface area (Å²) in [5.74, 6) is 0.782. The molecule has 0 saturated carbocycles. The van der Waals surface area contributed by atoms with Crippen LogP contribution in [0.4, 0.5) is 0 Å². The smallest absolute Gasteiger partial charge is 0.270 e. The zero-order valence-electron chi connectivity index (χ0n) is 16.3. The Balaban J connectivity index is 1.78. The van der Waals surface area contributed by atoms with Gasteiger partial charge >= 0.3 is 0 Å². The third kappa shape index (κ3) is 4.43. The Labute approximate surface area is 170 Å². The molecule has 0 atom stereocenters. The van der Waals surface area contributed by atoms with Gasteiger partial charge in [0.15, 0.2) is 0 Å². The molecular formula is C25H22N2O2. The molecule has 3 aromatic carbocycles. The maximum absolute atomic E-state index is 13.2. The van der Waals surface area contributed by atoms with Crippen LogP contribution in [-0.4, -0.2) is 16.9 Å². The summed E-state index contributed by atoms with van der Waals surface area (Å²) >= 11 is 0. The largest absolute Gasteiger partial charge is 0.497 e. The summed E-state index contributed by atoms with van der Waals surface area (Å²) < 4.78 is 6.89. The third-order valence-electron chi connectivity index (χ3n) is 4.82. The van der Waals surface area contributed by atoms with E-state index in [-0.39, 0.29) is 5.56 Å². The molecule has 4 nitrogen and oxygen atoms in total. The van der Waals surface area contributed by atoms with Gasteiger partial charge in [0.05, 0.1) is 19.3 Å². The topological polar surface area (TPSA) is 44.1 Å². The number of ether oxygens (including phenoxy) is 1. The second-order valence-electron chi connectivity index (χ2n) is 6.90. The highest BCUT2D eigenvalue weighted by atomic mass is 16.5. The zero-order valence-corrected chi connectivity index (χ0v) is 16.3. The Hall–Kier alpha value is -3.66. The van der Waals surface area contributed by atoms with Crippen molar-refractivity contribution in [3.63, 3.8) is 0 Å². The molecule has 0 aliphatic carbocycles. The lowest BCUT2D eigenvalue weighted by Crippen LogP contribution is -2.27. The highest BCUT2D eigenvalue weighted by Gasteiger charge is 2.12. The van der Waals surface area contributed by atoms with E-state index in [1.165, 1.54) is 0 Å². The van der Waals surface area contributed by atoms with Crippen LogP contribution in [0.3, 0.4) is 0 Å². The molecule has 4 aromatic rings. The SMILES string of the molecule is COc1cccc(Cc2cc(-c3ccccc3)nn(Cc3ccccc3)c2=O)c1. The van der Waals surface area contributed by atoms with Gasteiger partial charge in [-0.3, -0.25) is 4.79 Å². The van der Waals surface area contributed by atoms with Crippen LogP contribution in [0.2, 0.25) is 0 Å². The molecule has 0 bridgehead atoms. The van der Waals surface area contributed by atoms with Crippen molar-refractivity contribution >= 4 is 0 Å². The summed E-state index contributed by atoms with van der Waals surface area (Å²) in [7, 11) is 1.64. The Bertz CT molecular complexity index is 1150. The van der Waals surface area contributed by atoms with Crippen molar-refractivity contribution in [2.75, 3.05) is 7.11 Å². The summed E-state index contributed by atoms with van der Waals surface area (Å²) in [4.78, 5) is 13.2. The molecule has 1 aromatic heterocycles. The van der Waals surface area contributed by atoms with Crippen LogP contribution in [0.1, 0.15) is 16.7 Å². The van der Waals surface area contributed by atoms with E-state index >= 15 is 0 Å². The van der Waals surface area contributed by atoms with Crippen LogP contribution < -0.4 is 10.3 Å². The molecule has 144 valence electrons. The van der Waals surface area contributed by atoms with Crippen LogP contribution in [0.5, 0.6) is 5.75 Å². The molecule has 0 fully saturated rings. The van der Waals surface area contributed by atoms with E-state index in [0.29, 0.717) is 18.5 Å². The quantitative estimate of drug-likeness (QED) is 0.491. The van der Waals surface area contributed by atoms with E-state index in [1.54, 1.807) is 11.8 Å². The van der Waals surface area contributed by atoms with E-state index in [2.05, 4.69) is 5.10 Å². The molecule has 0 aliphatic heterocycles. The normalized spacial score (nSPS) is 10.7. The van der Waals surface area contributed by atoms with Gasteiger partial charge in [0, 0.05) is 17.5 Å². The molecular weight excluding hydrogens is 360 g/mol. The second-order valence-corrected chi connectivity index (χ2v) is 6.90. The van der Waals surface area contributed by atoms with E-state index in [1.807, 2.05) is 91.0 Å². The van der Waals surface area contributed by atoms with Gasteiger partial charge in [-0.2, -0.15) is 5.10 Å². The van der Waals surface area contributed by atoms with Crippen molar-refractivity contribution in [3.8, 4) is 17.0 Å². The number of hydrogen-bond acceptors (Lipinski definition) is 3. The second kappa shape index (κ2) is 8.57. The van der Waals surface area contributed by atoms with Crippen molar-refractivity contribution in [1.29, 1.82) is 0 Å². The molecule has 29 heavy (non-hydrogen) atoms. The number of methoxy groups -OCH3 is 1. The fraction of sp³-hybridized carbons (Fsp3) is 0.120. The Morgan fingerprint density at radius 1 is 0.828 bits per heavy atom. The van der Waals surface area contributed by atoms with E-state index < -0.39 is 0 Å². The fourth-order valence-electron chi connectivity index (χ4n) is 3.34. The zero-order chi connectivity index (χ0) is 20.1. The lowest BCUT2D eigenvalue weighted by Gasteiger charge is -2.12. The molecule has 0 saturated heterocycles. The van der Waals surface area contributed by atoms with Crippen LogP contribution in [0.15, 0.2) is 95.8 Å². The average Bonchev–Trinajstić information content (AvgIpc) is 2.78. The third-order valence-corrected chi connectivity index (χ3v) is 4.82. The van der Waals surface area contributed by atoms with Gasteiger partial charge in [-0.15, -0.1) is 0 Å². The number of rotatable bonds is 6. The molecule has 0 aliphatic rings. The van der Waals surface area contributed by atoms with Gasteiger partial charge in [-0.25, -0.2) is 4.68 Å². The molecule has 0 amide bonds.